The Morgan fingerprint density at radius 1 is 1.39 bits per heavy atom. The lowest BCUT2D eigenvalue weighted by Crippen LogP contribution is -2.42. The minimum absolute atomic E-state index is 0.0192. The average Bonchev–Trinajstić information content (AvgIpc) is 2.68. The van der Waals surface area contributed by atoms with Crippen molar-refractivity contribution in [3.05, 3.63) is 29.3 Å². The normalized spacial score (nSPS) is 21.6. The monoisotopic (exact) mass is 402 g/mol. The van der Waals surface area contributed by atoms with E-state index in [1.165, 1.54) is 7.11 Å². The van der Waals surface area contributed by atoms with Gasteiger partial charge < -0.3 is 19.7 Å². The number of hydrogen-bond acceptors (Lipinski definition) is 4. The molecule has 0 amide bonds. The molecule has 1 aromatic rings. The molecule has 1 aromatic carbocycles. The first kappa shape index (κ1) is 20.6. The molecule has 0 saturated carbocycles. The van der Waals surface area contributed by atoms with Crippen molar-refractivity contribution >= 4 is 35.1 Å². The van der Waals surface area contributed by atoms with E-state index in [0.29, 0.717) is 5.11 Å². The van der Waals surface area contributed by atoms with Crippen molar-refractivity contribution in [1.29, 1.82) is 0 Å². The Morgan fingerprint density at radius 3 is 2.75 bits per heavy atom. The number of aryl methyl sites for hydroxylation is 1. The number of nitrogens with one attached hydrogen (secondary N) is 1. The number of esters is 1. The molecule has 0 aromatic heterocycles. The number of benzene rings is 1. The number of anilines is 1. The summed E-state index contributed by atoms with van der Waals surface area (Å²) in [5.74, 6) is 0.784. The summed E-state index contributed by atoms with van der Waals surface area (Å²) >= 11 is 5.62. The van der Waals surface area contributed by atoms with E-state index < -0.39 is 0 Å². The Labute approximate surface area is 173 Å². The van der Waals surface area contributed by atoms with Gasteiger partial charge in [-0.2, -0.15) is 0 Å². The lowest BCUT2D eigenvalue weighted by Gasteiger charge is -2.34. The SMILES string of the molecule is CCCC1(C)C=Cc2cc(NC(=S)N3CCC(C(=O)OC)CC3)c(C)cc2O1. The third-order valence-electron chi connectivity index (χ3n) is 5.62. The van der Waals surface area contributed by atoms with Crippen molar-refractivity contribution < 1.29 is 14.3 Å². The standard InChI is InChI=1S/C22H30N2O3S/c1-5-9-22(3)10-6-17-14-18(15(2)13-19(17)27-22)23-21(28)24-11-7-16(8-12-24)20(25)26-4/h6,10,13-14,16H,5,7-9,11-12H2,1-4H3,(H,23,28). The van der Waals surface area contributed by atoms with Crippen molar-refractivity contribution in [2.45, 2.75) is 52.1 Å². The molecule has 2 aliphatic rings. The highest BCUT2D eigenvalue weighted by Crippen LogP contribution is 2.36. The van der Waals surface area contributed by atoms with Gasteiger partial charge in [-0.3, -0.25) is 4.79 Å². The number of carbonyl (C=O) groups is 1. The largest absolute Gasteiger partial charge is 0.483 e. The molecule has 1 saturated heterocycles. The van der Waals surface area contributed by atoms with Gasteiger partial charge in [0.2, 0.25) is 0 Å². The lowest BCUT2D eigenvalue weighted by molar-refractivity contribution is -0.146. The number of hydrogen-bond donors (Lipinski definition) is 1. The Hall–Kier alpha value is -2.08. The predicted molar refractivity (Wildman–Crippen MR) is 117 cm³/mol. The Bertz CT molecular complexity index is 784. The van der Waals surface area contributed by atoms with Crippen LogP contribution in [-0.4, -0.2) is 41.8 Å². The molecule has 3 rings (SSSR count). The summed E-state index contributed by atoms with van der Waals surface area (Å²) in [4.78, 5) is 13.8. The van der Waals surface area contributed by atoms with E-state index in [4.69, 9.17) is 21.7 Å². The molecule has 1 unspecified atom stereocenters. The number of likely N-dealkylation sites (tertiary alicyclic amines) is 1. The summed E-state index contributed by atoms with van der Waals surface area (Å²) in [6.45, 7) is 7.88. The summed E-state index contributed by atoms with van der Waals surface area (Å²) in [5.41, 5.74) is 2.92. The molecular formula is C22H30N2O3S. The quantitative estimate of drug-likeness (QED) is 0.589. The van der Waals surface area contributed by atoms with Crippen molar-refractivity contribution in [2.24, 2.45) is 5.92 Å². The summed E-state index contributed by atoms with van der Waals surface area (Å²) in [6.07, 6.45) is 7.90. The number of methoxy groups -OCH3 is 1. The second kappa shape index (κ2) is 8.52. The topological polar surface area (TPSA) is 50.8 Å². The molecule has 1 fully saturated rings. The van der Waals surface area contributed by atoms with Crippen molar-refractivity contribution in [1.82, 2.24) is 4.90 Å². The van der Waals surface area contributed by atoms with Crippen LogP contribution in [-0.2, 0) is 9.53 Å². The Morgan fingerprint density at radius 2 is 2.11 bits per heavy atom. The zero-order chi connectivity index (χ0) is 20.3. The Kier molecular flexibility index (Phi) is 6.28. The van der Waals surface area contributed by atoms with E-state index >= 15 is 0 Å². The van der Waals surface area contributed by atoms with Gasteiger partial charge >= 0.3 is 5.97 Å². The molecule has 0 aliphatic carbocycles. The van der Waals surface area contributed by atoms with E-state index in [1.54, 1.807) is 0 Å². The summed E-state index contributed by atoms with van der Waals surface area (Å²) in [5, 5.41) is 4.08. The van der Waals surface area contributed by atoms with Crippen LogP contribution in [0, 0.1) is 12.8 Å². The van der Waals surface area contributed by atoms with E-state index in [2.05, 4.69) is 55.3 Å². The molecule has 0 bridgehead atoms. The number of rotatable bonds is 4. The van der Waals surface area contributed by atoms with Crippen LogP contribution in [0.15, 0.2) is 18.2 Å². The van der Waals surface area contributed by atoms with Crippen molar-refractivity contribution in [3.63, 3.8) is 0 Å². The summed E-state index contributed by atoms with van der Waals surface area (Å²) in [6, 6.07) is 4.18. The number of piperidine rings is 1. The van der Waals surface area contributed by atoms with Crippen LogP contribution in [0.4, 0.5) is 5.69 Å². The van der Waals surface area contributed by atoms with Gasteiger partial charge in [-0.1, -0.05) is 19.4 Å². The smallest absolute Gasteiger partial charge is 0.308 e. The molecule has 152 valence electrons. The van der Waals surface area contributed by atoms with Gasteiger partial charge in [-0.25, -0.2) is 0 Å². The maximum Gasteiger partial charge on any atom is 0.308 e. The lowest BCUT2D eigenvalue weighted by atomic mass is 9.94. The Balaban J connectivity index is 1.66. The third kappa shape index (κ3) is 4.49. The van der Waals surface area contributed by atoms with Crippen LogP contribution in [0.5, 0.6) is 5.75 Å². The molecule has 5 nitrogen and oxygen atoms in total. The van der Waals surface area contributed by atoms with Crippen molar-refractivity contribution in [3.8, 4) is 5.75 Å². The van der Waals surface area contributed by atoms with E-state index in [-0.39, 0.29) is 17.5 Å². The van der Waals surface area contributed by atoms with Gasteiger partial charge in [-0.15, -0.1) is 0 Å². The van der Waals surface area contributed by atoms with E-state index in [1.807, 2.05) is 0 Å². The highest BCUT2D eigenvalue weighted by atomic mass is 32.1. The van der Waals surface area contributed by atoms with Crippen LogP contribution in [0.1, 0.15) is 50.7 Å². The highest BCUT2D eigenvalue weighted by Gasteiger charge is 2.28. The minimum atomic E-state index is -0.234. The van der Waals surface area contributed by atoms with Gasteiger partial charge in [-0.05, 0) is 69.1 Å². The maximum absolute atomic E-state index is 11.7. The molecule has 2 heterocycles. The first-order valence-electron chi connectivity index (χ1n) is 10.0. The van der Waals surface area contributed by atoms with Crippen LogP contribution in [0.3, 0.4) is 0 Å². The maximum atomic E-state index is 11.7. The molecule has 0 spiro atoms. The molecular weight excluding hydrogens is 372 g/mol. The first-order valence-corrected chi connectivity index (χ1v) is 10.4. The van der Waals surface area contributed by atoms with Crippen LogP contribution >= 0.6 is 12.2 Å². The number of thiocarbonyl (C=S) groups is 1. The average molecular weight is 403 g/mol. The van der Waals surface area contributed by atoms with Crippen LogP contribution in [0.2, 0.25) is 0 Å². The zero-order valence-electron chi connectivity index (χ0n) is 17.2. The van der Waals surface area contributed by atoms with Gasteiger partial charge in [0, 0.05) is 24.3 Å². The van der Waals surface area contributed by atoms with Gasteiger partial charge in [0.25, 0.3) is 0 Å². The van der Waals surface area contributed by atoms with E-state index in [0.717, 1.165) is 61.3 Å². The van der Waals surface area contributed by atoms with Crippen LogP contribution < -0.4 is 10.1 Å². The fourth-order valence-electron chi connectivity index (χ4n) is 3.91. The fourth-order valence-corrected chi connectivity index (χ4v) is 4.21. The van der Waals surface area contributed by atoms with E-state index in [9.17, 15) is 4.79 Å². The fraction of sp³-hybridized carbons (Fsp3) is 0.545. The minimum Gasteiger partial charge on any atom is -0.483 e. The summed E-state index contributed by atoms with van der Waals surface area (Å²) < 4.78 is 11.1. The molecule has 2 aliphatic heterocycles. The molecule has 1 atom stereocenters. The second-order valence-electron chi connectivity index (χ2n) is 7.92. The highest BCUT2D eigenvalue weighted by molar-refractivity contribution is 7.80. The van der Waals surface area contributed by atoms with Crippen LogP contribution in [0.25, 0.3) is 6.08 Å². The third-order valence-corrected chi connectivity index (χ3v) is 5.98. The number of fused-ring (bicyclic) bond motifs is 1. The van der Waals surface area contributed by atoms with Gasteiger partial charge in [0.1, 0.15) is 11.4 Å². The van der Waals surface area contributed by atoms with Gasteiger partial charge in [0.15, 0.2) is 5.11 Å². The number of nitrogens with zero attached hydrogens (tertiary/aromatic N) is 1. The molecule has 0 radical (unpaired) electrons. The van der Waals surface area contributed by atoms with Crippen molar-refractivity contribution in [2.75, 3.05) is 25.5 Å². The summed E-state index contributed by atoms with van der Waals surface area (Å²) in [7, 11) is 1.45. The molecule has 1 N–H and O–H groups in total. The predicted octanol–water partition coefficient (Wildman–Crippen LogP) is 4.54. The van der Waals surface area contributed by atoms with Gasteiger partial charge in [0.05, 0.1) is 13.0 Å². The molecule has 6 heteroatoms. The first-order chi connectivity index (χ1) is 13.3. The molecule has 28 heavy (non-hydrogen) atoms. The second-order valence-corrected chi connectivity index (χ2v) is 8.30. The number of ether oxygens (including phenoxy) is 2. The number of carbonyl (C=O) groups excluding carboxylic acids is 1. The zero-order valence-corrected chi connectivity index (χ0v) is 18.0.